The number of hydroxylamine groups is 2. The Kier molecular flexibility index (Phi) is 4.78. The van der Waals surface area contributed by atoms with Crippen LogP contribution in [-0.2, 0) is 14.3 Å². The number of carbonyl (C=O) groups is 2. The number of carbonyl (C=O) groups excluding carboxylic acids is 1. The standard InChI is InChI=1S/C13H23NO6/c1-12(2)7-8(15)11(13(3,4)14(12)19)20-10(18)6-5-9(16)17/h8,11,15,19H,5-7H2,1-4H3,(H,16,17). The summed E-state index contributed by atoms with van der Waals surface area (Å²) in [7, 11) is 0. The van der Waals surface area contributed by atoms with Gasteiger partial charge in [0.05, 0.1) is 24.5 Å². The lowest BCUT2D eigenvalue weighted by molar-refractivity contribution is -0.293. The largest absolute Gasteiger partial charge is 0.481 e. The van der Waals surface area contributed by atoms with Gasteiger partial charge in [-0.25, -0.2) is 0 Å². The first-order valence-corrected chi connectivity index (χ1v) is 6.57. The van der Waals surface area contributed by atoms with Crippen molar-refractivity contribution in [2.75, 3.05) is 0 Å². The van der Waals surface area contributed by atoms with Gasteiger partial charge in [0.25, 0.3) is 0 Å². The lowest BCUT2D eigenvalue weighted by Gasteiger charge is -2.53. The van der Waals surface area contributed by atoms with Crippen LogP contribution < -0.4 is 0 Å². The number of carboxylic acid groups (broad SMARTS) is 1. The zero-order valence-electron chi connectivity index (χ0n) is 12.3. The molecule has 0 aromatic rings. The van der Waals surface area contributed by atoms with Gasteiger partial charge in [0.15, 0.2) is 0 Å². The molecule has 2 unspecified atom stereocenters. The predicted molar refractivity (Wildman–Crippen MR) is 69.2 cm³/mol. The van der Waals surface area contributed by atoms with E-state index in [0.29, 0.717) is 0 Å². The van der Waals surface area contributed by atoms with Crippen LogP contribution in [0.4, 0.5) is 0 Å². The monoisotopic (exact) mass is 289 g/mol. The minimum absolute atomic E-state index is 0.240. The van der Waals surface area contributed by atoms with Crippen molar-refractivity contribution in [2.24, 2.45) is 0 Å². The fourth-order valence-electron chi connectivity index (χ4n) is 2.71. The second kappa shape index (κ2) is 5.67. The van der Waals surface area contributed by atoms with Gasteiger partial charge < -0.3 is 20.2 Å². The van der Waals surface area contributed by atoms with E-state index in [9.17, 15) is 19.9 Å². The highest BCUT2D eigenvalue weighted by molar-refractivity contribution is 5.76. The Bertz CT molecular complexity index is 392. The first-order chi connectivity index (χ1) is 8.98. The zero-order valence-corrected chi connectivity index (χ0v) is 12.3. The SMILES string of the molecule is CC1(C)CC(O)C(OC(=O)CCC(=O)O)C(C)(C)N1O. The summed E-state index contributed by atoms with van der Waals surface area (Å²) >= 11 is 0. The van der Waals surface area contributed by atoms with Gasteiger partial charge in [-0.2, -0.15) is 5.06 Å². The summed E-state index contributed by atoms with van der Waals surface area (Å²) in [5.74, 6) is -1.78. The number of ether oxygens (including phenoxy) is 1. The average molecular weight is 289 g/mol. The van der Waals surface area contributed by atoms with Crippen LogP contribution in [0.5, 0.6) is 0 Å². The summed E-state index contributed by atoms with van der Waals surface area (Å²) in [6.45, 7) is 6.87. The number of aliphatic hydroxyl groups is 1. The molecule has 0 radical (unpaired) electrons. The molecule has 2 atom stereocenters. The molecular formula is C13H23NO6. The van der Waals surface area contributed by atoms with Crippen molar-refractivity contribution in [3.8, 4) is 0 Å². The van der Waals surface area contributed by atoms with E-state index in [2.05, 4.69) is 0 Å². The van der Waals surface area contributed by atoms with Crippen LogP contribution in [0, 0.1) is 0 Å². The number of rotatable bonds is 4. The molecule has 1 rings (SSSR count). The van der Waals surface area contributed by atoms with Crippen LogP contribution >= 0.6 is 0 Å². The number of aliphatic carboxylic acids is 1. The number of hydrogen-bond donors (Lipinski definition) is 3. The third-order valence-corrected chi connectivity index (χ3v) is 3.68. The number of hydrogen-bond acceptors (Lipinski definition) is 6. The van der Waals surface area contributed by atoms with Crippen LogP contribution in [0.1, 0.15) is 47.0 Å². The Labute approximate surface area is 118 Å². The third-order valence-electron chi connectivity index (χ3n) is 3.68. The third kappa shape index (κ3) is 3.47. The Balaban J connectivity index is 2.78. The van der Waals surface area contributed by atoms with Crippen molar-refractivity contribution in [1.29, 1.82) is 0 Å². The maximum Gasteiger partial charge on any atom is 0.306 e. The van der Waals surface area contributed by atoms with E-state index in [1.54, 1.807) is 27.7 Å². The highest BCUT2D eigenvalue weighted by atomic mass is 16.6. The summed E-state index contributed by atoms with van der Waals surface area (Å²) in [6.07, 6.45) is -2.18. The van der Waals surface area contributed by atoms with Crippen LogP contribution in [0.15, 0.2) is 0 Å². The molecule has 0 aromatic carbocycles. The first-order valence-electron chi connectivity index (χ1n) is 6.57. The Morgan fingerprint density at radius 2 is 1.80 bits per heavy atom. The maximum atomic E-state index is 11.6. The van der Waals surface area contributed by atoms with E-state index in [0.717, 1.165) is 5.06 Å². The molecule has 1 fully saturated rings. The fraction of sp³-hybridized carbons (Fsp3) is 0.846. The molecule has 0 bridgehead atoms. The molecule has 0 amide bonds. The van der Waals surface area contributed by atoms with Gasteiger partial charge in [0, 0.05) is 5.54 Å². The molecule has 0 aromatic heterocycles. The van der Waals surface area contributed by atoms with Crippen LogP contribution in [0.3, 0.4) is 0 Å². The fourth-order valence-corrected chi connectivity index (χ4v) is 2.71. The van der Waals surface area contributed by atoms with E-state index in [-0.39, 0.29) is 19.3 Å². The Morgan fingerprint density at radius 3 is 2.30 bits per heavy atom. The number of esters is 1. The molecule has 20 heavy (non-hydrogen) atoms. The molecular weight excluding hydrogens is 266 g/mol. The molecule has 7 nitrogen and oxygen atoms in total. The van der Waals surface area contributed by atoms with E-state index in [1.165, 1.54) is 0 Å². The molecule has 116 valence electrons. The lowest BCUT2D eigenvalue weighted by atomic mass is 9.78. The summed E-state index contributed by atoms with van der Waals surface area (Å²) < 4.78 is 5.18. The highest BCUT2D eigenvalue weighted by Gasteiger charge is 2.53. The van der Waals surface area contributed by atoms with Crippen molar-refractivity contribution in [1.82, 2.24) is 5.06 Å². The molecule has 7 heteroatoms. The van der Waals surface area contributed by atoms with Crippen molar-refractivity contribution in [2.45, 2.75) is 70.2 Å². The molecule has 0 spiro atoms. The van der Waals surface area contributed by atoms with E-state index in [4.69, 9.17) is 9.84 Å². The van der Waals surface area contributed by atoms with Crippen molar-refractivity contribution < 1.29 is 29.7 Å². The normalized spacial score (nSPS) is 28.9. The molecule has 1 aliphatic rings. The molecule has 1 heterocycles. The molecule has 0 saturated carbocycles. The lowest BCUT2D eigenvalue weighted by Crippen LogP contribution is -2.68. The van der Waals surface area contributed by atoms with Gasteiger partial charge in [-0.3, -0.25) is 9.59 Å². The Morgan fingerprint density at radius 1 is 1.25 bits per heavy atom. The van der Waals surface area contributed by atoms with E-state index >= 15 is 0 Å². The smallest absolute Gasteiger partial charge is 0.306 e. The first kappa shape index (κ1) is 16.9. The van der Waals surface area contributed by atoms with Gasteiger partial charge in [0.1, 0.15) is 6.10 Å². The van der Waals surface area contributed by atoms with Gasteiger partial charge in [-0.05, 0) is 34.1 Å². The average Bonchev–Trinajstić information content (AvgIpc) is 2.29. The van der Waals surface area contributed by atoms with Gasteiger partial charge >= 0.3 is 11.9 Å². The summed E-state index contributed by atoms with van der Waals surface area (Å²) in [4.78, 5) is 22.0. The molecule has 3 N–H and O–H groups in total. The summed E-state index contributed by atoms with van der Waals surface area (Å²) in [5.41, 5.74) is -1.62. The second-order valence-corrected chi connectivity index (χ2v) is 6.35. The molecule has 1 aliphatic heterocycles. The second-order valence-electron chi connectivity index (χ2n) is 6.35. The topological polar surface area (TPSA) is 107 Å². The molecule has 1 saturated heterocycles. The van der Waals surface area contributed by atoms with E-state index in [1.807, 2.05) is 0 Å². The highest BCUT2D eigenvalue weighted by Crippen LogP contribution is 2.38. The molecule has 0 aliphatic carbocycles. The maximum absolute atomic E-state index is 11.6. The summed E-state index contributed by atoms with van der Waals surface area (Å²) in [6, 6.07) is 0. The number of nitrogens with zero attached hydrogens (tertiary/aromatic N) is 1. The predicted octanol–water partition coefficient (Wildman–Crippen LogP) is 0.776. The van der Waals surface area contributed by atoms with Crippen molar-refractivity contribution >= 4 is 11.9 Å². The number of aliphatic hydroxyl groups excluding tert-OH is 1. The van der Waals surface area contributed by atoms with Crippen molar-refractivity contribution in [3.63, 3.8) is 0 Å². The van der Waals surface area contributed by atoms with Crippen LogP contribution in [-0.4, -0.2) is 55.7 Å². The summed E-state index contributed by atoms with van der Waals surface area (Å²) in [5, 5.41) is 30.0. The van der Waals surface area contributed by atoms with Gasteiger partial charge in [-0.1, -0.05) is 0 Å². The van der Waals surface area contributed by atoms with Gasteiger partial charge in [-0.15, -0.1) is 0 Å². The van der Waals surface area contributed by atoms with Crippen LogP contribution in [0.2, 0.25) is 0 Å². The minimum atomic E-state index is -1.09. The quantitative estimate of drug-likeness (QED) is 0.656. The van der Waals surface area contributed by atoms with Gasteiger partial charge in [0.2, 0.25) is 0 Å². The Hall–Kier alpha value is -1.18. The minimum Gasteiger partial charge on any atom is -0.481 e. The van der Waals surface area contributed by atoms with E-state index < -0.39 is 35.2 Å². The zero-order chi connectivity index (χ0) is 15.7. The number of carboxylic acids is 1. The van der Waals surface area contributed by atoms with Crippen molar-refractivity contribution in [3.05, 3.63) is 0 Å². The van der Waals surface area contributed by atoms with Crippen LogP contribution in [0.25, 0.3) is 0 Å². The number of piperidine rings is 1.